The van der Waals surface area contributed by atoms with E-state index in [1.54, 1.807) is 0 Å². The summed E-state index contributed by atoms with van der Waals surface area (Å²) in [5, 5.41) is 0. The van der Waals surface area contributed by atoms with Crippen LogP contribution >= 0.6 is 0 Å². The molecule has 0 aromatic heterocycles. The Morgan fingerprint density at radius 2 is 1.86 bits per heavy atom. The van der Waals surface area contributed by atoms with Crippen LogP contribution in [0, 0.1) is 5.92 Å². The van der Waals surface area contributed by atoms with Gasteiger partial charge in [0, 0.05) is 49.9 Å². The molecular weight excluding hydrogens is 350 g/mol. The van der Waals surface area contributed by atoms with E-state index in [1.807, 2.05) is 23.1 Å². The summed E-state index contributed by atoms with van der Waals surface area (Å²) in [6.45, 7) is 5.45. The molecule has 5 nitrogen and oxygen atoms in total. The normalized spacial score (nSPS) is 19.6. The molecule has 2 heterocycles. The highest BCUT2D eigenvalue weighted by Gasteiger charge is 2.25. The summed E-state index contributed by atoms with van der Waals surface area (Å²) >= 11 is 0. The molecule has 2 aliphatic heterocycles. The first-order valence-corrected chi connectivity index (χ1v) is 10.0. The summed E-state index contributed by atoms with van der Waals surface area (Å²) < 4.78 is 5.74. The molecule has 1 amide bonds. The fraction of sp³-hybridized carbons (Fsp3) is 0.435. The van der Waals surface area contributed by atoms with Crippen molar-refractivity contribution in [3.63, 3.8) is 0 Å². The first-order valence-electron chi connectivity index (χ1n) is 10.0. The number of anilines is 1. The Bertz CT molecular complexity index is 811. The minimum Gasteiger partial charge on any atom is -0.379 e. The van der Waals surface area contributed by atoms with Crippen LogP contribution in [0.3, 0.4) is 0 Å². The number of ether oxygens (including phenoxy) is 1. The van der Waals surface area contributed by atoms with E-state index in [0.29, 0.717) is 25.7 Å². The van der Waals surface area contributed by atoms with Gasteiger partial charge in [-0.15, -0.1) is 0 Å². The van der Waals surface area contributed by atoms with E-state index < -0.39 is 0 Å². The van der Waals surface area contributed by atoms with Crippen LogP contribution in [0.5, 0.6) is 0 Å². The molecule has 1 unspecified atom stereocenters. The standard InChI is InChI=1S/C23H29N3O2/c1-24(2)13-18-14-25(10-11-28-17-18)23(27)19-8-5-9-22(12-19)26-15-20-6-3-4-7-21(20)16-26/h3-9,12,18H,10-11,13-17H2,1-2H3. The second-order valence-corrected chi connectivity index (χ2v) is 8.13. The van der Waals surface area contributed by atoms with E-state index in [9.17, 15) is 4.79 Å². The summed E-state index contributed by atoms with van der Waals surface area (Å²) in [7, 11) is 4.13. The summed E-state index contributed by atoms with van der Waals surface area (Å²) in [6.07, 6.45) is 0. The van der Waals surface area contributed by atoms with Gasteiger partial charge < -0.3 is 19.4 Å². The Labute approximate surface area is 167 Å². The van der Waals surface area contributed by atoms with Crippen molar-refractivity contribution in [2.24, 2.45) is 5.92 Å². The first-order chi connectivity index (χ1) is 13.6. The molecule has 1 atom stereocenters. The topological polar surface area (TPSA) is 36.0 Å². The summed E-state index contributed by atoms with van der Waals surface area (Å²) in [4.78, 5) is 19.7. The largest absolute Gasteiger partial charge is 0.379 e. The molecule has 0 bridgehead atoms. The summed E-state index contributed by atoms with van der Waals surface area (Å²) in [5.41, 5.74) is 4.61. The monoisotopic (exact) mass is 379 g/mol. The molecule has 0 saturated carbocycles. The molecule has 0 aliphatic carbocycles. The zero-order valence-corrected chi connectivity index (χ0v) is 16.8. The van der Waals surface area contributed by atoms with Gasteiger partial charge in [0.2, 0.25) is 0 Å². The smallest absolute Gasteiger partial charge is 0.254 e. The lowest BCUT2D eigenvalue weighted by atomic mass is 10.1. The van der Waals surface area contributed by atoms with Crippen molar-refractivity contribution < 1.29 is 9.53 Å². The lowest BCUT2D eigenvalue weighted by Gasteiger charge is -2.26. The van der Waals surface area contributed by atoms with Crippen molar-refractivity contribution in [2.45, 2.75) is 13.1 Å². The van der Waals surface area contributed by atoms with E-state index >= 15 is 0 Å². The molecule has 1 fully saturated rings. The van der Waals surface area contributed by atoms with E-state index in [2.05, 4.69) is 54.2 Å². The molecule has 2 aromatic rings. The SMILES string of the molecule is CN(C)CC1COCCN(C(=O)c2cccc(N3Cc4ccccc4C3)c2)C1. The number of fused-ring (bicyclic) bond motifs is 1. The molecule has 0 N–H and O–H groups in total. The summed E-state index contributed by atoms with van der Waals surface area (Å²) in [5.74, 6) is 0.450. The van der Waals surface area contributed by atoms with Crippen LogP contribution in [0.25, 0.3) is 0 Å². The second kappa shape index (κ2) is 8.33. The Kier molecular flexibility index (Phi) is 5.64. The van der Waals surface area contributed by atoms with Crippen molar-refractivity contribution in [1.29, 1.82) is 0 Å². The highest BCUT2D eigenvalue weighted by atomic mass is 16.5. The van der Waals surface area contributed by atoms with E-state index in [0.717, 1.165) is 37.4 Å². The molecule has 28 heavy (non-hydrogen) atoms. The highest BCUT2D eigenvalue weighted by molar-refractivity contribution is 5.95. The van der Waals surface area contributed by atoms with E-state index in [4.69, 9.17) is 4.74 Å². The molecule has 2 aliphatic rings. The number of hydrogen-bond acceptors (Lipinski definition) is 4. The third-order valence-corrected chi connectivity index (χ3v) is 5.55. The van der Waals surface area contributed by atoms with Gasteiger partial charge in [0.1, 0.15) is 0 Å². The molecule has 2 aromatic carbocycles. The van der Waals surface area contributed by atoms with Crippen LogP contribution in [-0.4, -0.2) is 62.7 Å². The van der Waals surface area contributed by atoms with E-state index in [-0.39, 0.29) is 5.91 Å². The van der Waals surface area contributed by atoms with Crippen molar-refractivity contribution in [3.05, 3.63) is 65.2 Å². The quantitative estimate of drug-likeness (QED) is 0.819. The van der Waals surface area contributed by atoms with Crippen molar-refractivity contribution in [1.82, 2.24) is 9.80 Å². The van der Waals surface area contributed by atoms with Gasteiger partial charge in [-0.2, -0.15) is 0 Å². The van der Waals surface area contributed by atoms with Gasteiger partial charge in [0.25, 0.3) is 5.91 Å². The maximum absolute atomic E-state index is 13.2. The minimum absolute atomic E-state index is 0.104. The van der Waals surface area contributed by atoms with Gasteiger partial charge in [0.15, 0.2) is 0 Å². The molecule has 5 heteroatoms. The maximum atomic E-state index is 13.2. The number of amides is 1. The Morgan fingerprint density at radius 3 is 2.57 bits per heavy atom. The maximum Gasteiger partial charge on any atom is 0.254 e. The number of hydrogen-bond donors (Lipinski definition) is 0. The number of nitrogens with zero attached hydrogens (tertiary/aromatic N) is 3. The Morgan fingerprint density at radius 1 is 1.11 bits per heavy atom. The second-order valence-electron chi connectivity index (χ2n) is 8.13. The van der Waals surface area contributed by atoms with E-state index in [1.165, 1.54) is 11.1 Å². The van der Waals surface area contributed by atoms with Gasteiger partial charge in [0.05, 0.1) is 13.2 Å². The average Bonchev–Trinajstić information content (AvgIpc) is 3.00. The van der Waals surface area contributed by atoms with Gasteiger partial charge in [-0.25, -0.2) is 0 Å². The number of rotatable bonds is 4. The zero-order valence-electron chi connectivity index (χ0n) is 16.8. The van der Waals surface area contributed by atoms with Gasteiger partial charge in [-0.1, -0.05) is 30.3 Å². The number of carbonyl (C=O) groups is 1. The van der Waals surface area contributed by atoms with Gasteiger partial charge >= 0.3 is 0 Å². The fourth-order valence-corrected chi connectivity index (χ4v) is 4.23. The van der Waals surface area contributed by atoms with Crippen LogP contribution in [-0.2, 0) is 17.8 Å². The molecular formula is C23H29N3O2. The predicted molar refractivity (Wildman–Crippen MR) is 112 cm³/mol. The third kappa shape index (κ3) is 4.21. The number of carbonyl (C=O) groups excluding carboxylic acids is 1. The van der Waals surface area contributed by atoms with Crippen LogP contribution < -0.4 is 4.90 Å². The average molecular weight is 380 g/mol. The minimum atomic E-state index is 0.104. The van der Waals surface area contributed by atoms with Crippen LogP contribution in [0.1, 0.15) is 21.5 Å². The Balaban J connectivity index is 1.48. The third-order valence-electron chi connectivity index (χ3n) is 5.55. The van der Waals surface area contributed by atoms with Gasteiger partial charge in [-0.05, 0) is 43.4 Å². The first kappa shape index (κ1) is 19.0. The summed E-state index contributed by atoms with van der Waals surface area (Å²) in [6, 6.07) is 16.6. The molecule has 0 radical (unpaired) electrons. The molecule has 148 valence electrons. The van der Waals surface area contributed by atoms with Crippen molar-refractivity contribution in [2.75, 3.05) is 51.8 Å². The Hall–Kier alpha value is -2.37. The van der Waals surface area contributed by atoms with Gasteiger partial charge in [-0.3, -0.25) is 4.79 Å². The lowest BCUT2D eigenvalue weighted by molar-refractivity contribution is 0.0735. The molecule has 4 rings (SSSR count). The molecule has 0 spiro atoms. The van der Waals surface area contributed by atoms with Crippen LogP contribution in [0.4, 0.5) is 5.69 Å². The van der Waals surface area contributed by atoms with Crippen molar-refractivity contribution >= 4 is 11.6 Å². The molecule has 1 saturated heterocycles. The number of benzene rings is 2. The van der Waals surface area contributed by atoms with Crippen LogP contribution in [0.15, 0.2) is 48.5 Å². The van der Waals surface area contributed by atoms with Crippen molar-refractivity contribution in [3.8, 4) is 0 Å². The predicted octanol–water partition coefficient (Wildman–Crippen LogP) is 2.86. The fourth-order valence-electron chi connectivity index (χ4n) is 4.23. The zero-order chi connectivity index (χ0) is 19.5. The lowest BCUT2D eigenvalue weighted by Crippen LogP contribution is -2.38. The van der Waals surface area contributed by atoms with Crippen LogP contribution in [0.2, 0.25) is 0 Å². The highest BCUT2D eigenvalue weighted by Crippen LogP contribution is 2.29.